The Morgan fingerprint density at radius 3 is 2.28 bits per heavy atom. The topological polar surface area (TPSA) is 76.7 Å². The van der Waals surface area contributed by atoms with Crippen LogP contribution in [0.25, 0.3) is 0 Å². The van der Waals surface area contributed by atoms with Crippen molar-refractivity contribution in [2.75, 3.05) is 13.7 Å². The lowest BCUT2D eigenvalue weighted by Crippen LogP contribution is -2.50. The van der Waals surface area contributed by atoms with Crippen LogP contribution in [0.4, 0.5) is 4.79 Å². The van der Waals surface area contributed by atoms with Crippen molar-refractivity contribution in [1.29, 1.82) is 0 Å². The zero-order valence-electron chi connectivity index (χ0n) is 15.8. The molecule has 0 aliphatic rings. The van der Waals surface area contributed by atoms with E-state index in [9.17, 15) is 9.59 Å². The normalized spacial score (nSPS) is 13.0. The van der Waals surface area contributed by atoms with E-state index in [1.807, 2.05) is 52.0 Å². The third-order valence-corrected chi connectivity index (χ3v) is 3.98. The van der Waals surface area contributed by atoms with Crippen molar-refractivity contribution < 1.29 is 19.1 Å². The number of hydrogen-bond donors (Lipinski definition) is 2. The van der Waals surface area contributed by atoms with E-state index >= 15 is 0 Å². The maximum absolute atomic E-state index is 12.4. The molecule has 2 N–H and O–H groups in total. The Bertz CT molecular complexity index is 543. The average Bonchev–Trinajstić information content (AvgIpc) is 2.59. The predicted octanol–water partition coefficient (Wildman–Crippen LogP) is 2.90. The maximum atomic E-state index is 12.4. The van der Waals surface area contributed by atoms with Gasteiger partial charge in [0, 0.05) is 6.54 Å². The molecule has 25 heavy (non-hydrogen) atoms. The molecule has 0 saturated carbocycles. The van der Waals surface area contributed by atoms with Crippen molar-refractivity contribution >= 4 is 12.0 Å². The van der Waals surface area contributed by atoms with Crippen LogP contribution in [0.3, 0.4) is 0 Å². The van der Waals surface area contributed by atoms with Crippen molar-refractivity contribution in [3.63, 3.8) is 0 Å². The number of carbonyl (C=O) groups is 2. The molecule has 0 bridgehead atoms. The van der Waals surface area contributed by atoms with Crippen molar-refractivity contribution in [1.82, 2.24) is 10.6 Å². The van der Waals surface area contributed by atoms with Gasteiger partial charge in [-0.3, -0.25) is 4.79 Å². The van der Waals surface area contributed by atoms with Gasteiger partial charge < -0.3 is 20.1 Å². The summed E-state index contributed by atoms with van der Waals surface area (Å²) in [4.78, 5) is 24.2. The van der Waals surface area contributed by atoms with E-state index in [4.69, 9.17) is 9.47 Å². The Kier molecular flexibility index (Phi) is 8.81. The average molecular weight is 350 g/mol. The van der Waals surface area contributed by atoms with E-state index in [1.165, 1.54) is 0 Å². The molecule has 0 aliphatic heterocycles. The number of nitrogens with one attached hydrogen (secondary N) is 2. The Morgan fingerprint density at radius 1 is 1.12 bits per heavy atom. The molecule has 2 atom stereocenters. The van der Waals surface area contributed by atoms with Crippen LogP contribution in [0, 0.1) is 5.92 Å². The van der Waals surface area contributed by atoms with Crippen LogP contribution < -0.4 is 15.4 Å². The van der Waals surface area contributed by atoms with Crippen LogP contribution >= 0.6 is 0 Å². The molecule has 1 aromatic carbocycles. The van der Waals surface area contributed by atoms with Gasteiger partial charge in [-0.15, -0.1) is 0 Å². The third-order valence-electron chi connectivity index (χ3n) is 3.98. The largest absolute Gasteiger partial charge is 0.497 e. The number of ether oxygens (including phenoxy) is 2. The molecule has 0 fully saturated rings. The minimum Gasteiger partial charge on any atom is -0.497 e. The minimum atomic E-state index is -0.618. The minimum absolute atomic E-state index is 0.0366. The summed E-state index contributed by atoms with van der Waals surface area (Å²) in [5, 5.41) is 5.53. The van der Waals surface area contributed by atoms with E-state index in [2.05, 4.69) is 10.6 Å². The van der Waals surface area contributed by atoms with Gasteiger partial charge in [-0.05, 0) is 43.4 Å². The summed E-state index contributed by atoms with van der Waals surface area (Å²) >= 11 is 0. The van der Waals surface area contributed by atoms with Crippen molar-refractivity contribution in [2.45, 2.75) is 52.7 Å². The summed E-state index contributed by atoms with van der Waals surface area (Å²) < 4.78 is 10.3. The lowest BCUT2D eigenvalue weighted by Gasteiger charge is -2.22. The van der Waals surface area contributed by atoms with Gasteiger partial charge in [0.1, 0.15) is 17.9 Å². The fourth-order valence-electron chi connectivity index (χ4n) is 2.19. The molecule has 1 rings (SSSR count). The molecule has 0 spiro atoms. The summed E-state index contributed by atoms with van der Waals surface area (Å²) in [5.41, 5.74) is 1.10. The highest BCUT2D eigenvalue weighted by molar-refractivity contribution is 5.85. The standard InChI is InChI=1S/C19H30N2O4/c1-6-14(4)25-19(23)21-17(13(2)3)18(22)20-12-11-15-7-9-16(24-5)10-8-15/h7-10,13-14,17H,6,11-12H2,1-5H3,(H,20,22)(H,21,23)/t14?,17-/m0/s1. The van der Waals surface area contributed by atoms with Gasteiger partial charge in [0.25, 0.3) is 0 Å². The summed E-state index contributed by atoms with van der Waals surface area (Å²) in [6.07, 6.45) is 0.704. The van der Waals surface area contributed by atoms with Crippen LogP contribution in [-0.4, -0.2) is 37.8 Å². The van der Waals surface area contributed by atoms with E-state index in [1.54, 1.807) is 7.11 Å². The van der Waals surface area contributed by atoms with E-state index in [-0.39, 0.29) is 17.9 Å². The Balaban J connectivity index is 2.48. The smallest absolute Gasteiger partial charge is 0.408 e. The maximum Gasteiger partial charge on any atom is 0.408 e. The van der Waals surface area contributed by atoms with Crippen LogP contribution in [0.5, 0.6) is 5.75 Å². The molecular formula is C19H30N2O4. The van der Waals surface area contributed by atoms with Gasteiger partial charge in [-0.2, -0.15) is 0 Å². The molecular weight excluding hydrogens is 320 g/mol. The second kappa shape index (κ2) is 10.6. The fourth-order valence-corrected chi connectivity index (χ4v) is 2.19. The van der Waals surface area contributed by atoms with Gasteiger partial charge in [-0.25, -0.2) is 4.79 Å². The number of amides is 2. The van der Waals surface area contributed by atoms with E-state index in [0.29, 0.717) is 13.0 Å². The number of rotatable bonds is 9. The fraction of sp³-hybridized carbons (Fsp3) is 0.579. The quantitative estimate of drug-likeness (QED) is 0.718. The number of benzene rings is 1. The lowest BCUT2D eigenvalue weighted by atomic mass is 10.0. The van der Waals surface area contributed by atoms with Crippen LogP contribution in [-0.2, 0) is 16.0 Å². The van der Waals surface area contributed by atoms with Crippen molar-refractivity contribution in [3.8, 4) is 5.75 Å². The first-order chi connectivity index (χ1) is 11.9. The first-order valence-corrected chi connectivity index (χ1v) is 8.75. The first-order valence-electron chi connectivity index (χ1n) is 8.75. The van der Waals surface area contributed by atoms with Gasteiger partial charge in [0.2, 0.25) is 5.91 Å². The molecule has 0 radical (unpaired) electrons. The van der Waals surface area contributed by atoms with Gasteiger partial charge >= 0.3 is 6.09 Å². The molecule has 140 valence electrons. The zero-order chi connectivity index (χ0) is 18.8. The lowest BCUT2D eigenvalue weighted by molar-refractivity contribution is -0.124. The molecule has 1 unspecified atom stereocenters. The molecule has 1 aromatic rings. The summed E-state index contributed by atoms with van der Waals surface area (Å²) in [7, 11) is 1.63. The molecule has 0 aliphatic carbocycles. The highest BCUT2D eigenvalue weighted by Gasteiger charge is 2.25. The molecule has 0 saturated heterocycles. The Hall–Kier alpha value is -2.24. The Labute approximate surface area is 150 Å². The highest BCUT2D eigenvalue weighted by Crippen LogP contribution is 2.11. The SMILES string of the molecule is CCC(C)OC(=O)N[C@H](C(=O)NCCc1ccc(OC)cc1)C(C)C. The van der Waals surface area contributed by atoms with E-state index in [0.717, 1.165) is 17.7 Å². The highest BCUT2D eigenvalue weighted by atomic mass is 16.6. The number of methoxy groups -OCH3 is 1. The van der Waals surface area contributed by atoms with Gasteiger partial charge in [0.15, 0.2) is 0 Å². The second-order valence-electron chi connectivity index (χ2n) is 6.38. The van der Waals surface area contributed by atoms with Crippen molar-refractivity contribution in [2.24, 2.45) is 5.92 Å². The monoisotopic (exact) mass is 350 g/mol. The van der Waals surface area contributed by atoms with Crippen molar-refractivity contribution in [3.05, 3.63) is 29.8 Å². The van der Waals surface area contributed by atoms with Crippen LogP contribution in [0.15, 0.2) is 24.3 Å². The number of carbonyl (C=O) groups excluding carboxylic acids is 2. The van der Waals surface area contributed by atoms with Gasteiger partial charge in [-0.1, -0.05) is 32.9 Å². The number of alkyl carbamates (subject to hydrolysis) is 1. The first kappa shape index (κ1) is 20.8. The summed E-state index contributed by atoms with van der Waals surface area (Å²) in [6.45, 7) is 8.02. The molecule has 0 heterocycles. The summed E-state index contributed by atoms with van der Waals surface area (Å²) in [5.74, 6) is 0.562. The number of hydrogen-bond acceptors (Lipinski definition) is 4. The molecule has 6 nitrogen and oxygen atoms in total. The van der Waals surface area contributed by atoms with Crippen LogP contribution in [0.2, 0.25) is 0 Å². The molecule has 6 heteroatoms. The van der Waals surface area contributed by atoms with E-state index < -0.39 is 12.1 Å². The molecule has 2 amide bonds. The van der Waals surface area contributed by atoms with Crippen LogP contribution in [0.1, 0.15) is 39.7 Å². The zero-order valence-corrected chi connectivity index (χ0v) is 15.8. The second-order valence-corrected chi connectivity index (χ2v) is 6.38. The summed E-state index contributed by atoms with van der Waals surface area (Å²) in [6, 6.07) is 7.09. The Morgan fingerprint density at radius 2 is 1.76 bits per heavy atom. The van der Waals surface area contributed by atoms with Gasteiger partial charge in [0.05, 0.1) is 7.11 Å². The molecule has 0 aromatic heterocycles. The predicted molar refractivity (Wildman–Crippen MR) is 97.7 cm³/mol. The third kappa shape index (κ3) is 7.45.